The number of benzene rings is 1. The molecule has 0 atom stereocenters. The van der Waals surface area contributed by atoms with Gasteiger partial charge in [-0.3, -0.25) is 9.78 Å². The van der Waals surface area contributed by atoms with Gasteiger partial charge in [0.1, 0.15) is 5.52 Å². The lowest BCUT2D eigenvalue weighted by Crippen LogP contribution is -2.48. The molecule has 0 N–H and O–H groups in total. The summed E-state index contributed by atoms with van der Waals surface area (Å²) >= 11 is 0. The smallest absolute Gasteiger partial charge is 0.181 e. The van der Waals surface area contributed by atoms with Crippen LogP contribution >= 0.6 is 0 Å². The van der Waals surface area contributed by atoms with Crippen molar-refractivity contribution in [1.82, 2.24) is 9.97 Å². The van der Waals surface area contributed by atoms with Gasteiger partial charge >= 0.3 is 0 Å². The fourth-order valence-corrected chi connectivity index (χ4v) is 6.60. The number of carbonyl (C=O) groups is 1. The van der Waals surface area contributed by atoms with Crippen LogP contribution in [0.5, 0.6) is 0 Å². The molecule has 0 unspecified atom stereocenters. The Bertz CT molecular complexity index is 999. The van der Waals surface area contributed by atoms with E-state index in [0.29, 0.717) is 5.56 Å². The average molecular weight is 358 g/mol. The molecule has 3 aromatic rings. The summed E-state index contributed by atoms with van der Waals surface area (Å²) in [6.45, 7) is 0. The molecular weight excluding hydrogens is 336 g/mol. The lowest BCUT2D eigenvalue weighted by atomic mass is 9.48. The minimum Gasteiger partial charge on any atom is -0.443 e. The van der Waals surface area contributed by atoms with E-state index in [-0.39, 0.29) is 5.41 Å². The fraction of sp³-hybridized carbons (Fsp3) is 0.435. The summed E-state index contributed by atoms with van der Waals surface area (Å²) in [4.78, 5) is 19.9. The normalized spacial score (nSPS) is 31.5. The monoisotopic (exact) mass is 358 g/mol. The highest BCUT2D eigenvalue weighted by atomic mass is 16.3. The quantitative estimate of drug-likeness (QED) is 0.606. The Morgan fingerprint density at radius 3 is 2.37 bits per heavy atom. The van der Waals surface area contributed by atoms with E-state index in [1.165, 1.54) is 44.1 Å². The van der Waals surface area contributed by atoms with Crippen molar-refractivity contribution in [2.45, 2.75) is 43.9 Å². The highest BCUT2D eigenvalue weighted by molar-refractivity contribution is 5.84. The molecule has 4 saturated carbocycles. The zero-order chi connectivity index (χ0) is 18.0. The molecule has 4 heteroatoms. The van der Waals surface area contributed by atoms with Crippen LogP contribution in [0.15, 0.2) is 41.3 Å². The first-order chi connectivity index (χ1) is 13.2. The molecule has 4 aliphatic carbocycles. The van der Waals surface area contributed by atoms with Crippen LogP contribution in [-0.4, -0.2) is 16.3 Å². The molecule has 0 amide bonds. The van der Waals surface area contributed by atoms with Crippen molar-refractivity contribution in [2.24, 2.45) is 17.8 Å². The lowest BCUT2D eigenvalue weighted by molar-refractivity contribution is -0.00486. The number of aromatic nitrogens is 2. The lowest BCUT2D eigenvalue weighted by Gasteiger charge is -2.57. The topological polar surface area (TPSA) is 56.0 Å². The van der Waals surface area contributed by atoms with Gasteiger partial charge in [0.05, 0.1) is 5.69 Å². The van der Waals surface area contributed by atoms with Gasteiger partial charge in [0, 0.05) is 22.9 Å². The number of carbonyl (C=O) groups excluding carboxylic acids is 1. The summed E-state index contributed by atoms with van der Waals surface area (Å²) in [7, 11) is 0. The predicted molar refractivity (Wildman–Crippen MR) is 102 cm³/mol. The Morgan fingerprint density at radius 1 is 1.00 bits per heavy atom. The van der Waals surface area contributed by atoms with Crippen LogP contribution in [0.4, 0.5) is 0 Å². The second kappa shape index (κ2) is 5.51. The predicted octanol–water partition coefficient (Wildman–Crippen LogP) is 5.17. The van der Waals surface area contributed by atoms with Crippen molar-refractivity contribution < 1.29 is 9.21 Å². The third kappa shape index (κ3) is 2.32. The van der Waals surface area contributed by atoms with Crippen LogP contribution in [0.1, 0.15) is 54.4 Å². The van der Waals surface area contributed by atoms with E-state index < -0.39 is 0 Å². The van der Waals surface area contributed by atoms with Crippen molar-refractivity contribution in [1.29, 1.82) is 0 Å². The number of hydrogen-bond donors (Lipinski definition) is 0. The second-order valence-electron chi connectivity index (χ2n) is 9.02. The summed E-state index contributed by atoms with van der Waals surface area (Å²) in [6.07, 6.45) is 12.2. The maximum atomic E-state index is 10.9. The Hall–Kier alpha value is -2.49. The number of fused-ring (bicyclic) bond motifs is 1. The number of oxazole rings is 1. The second-order valence-corrected chi connectivity index (χ2v) is 9.02. The van der Waals surface area contributed by atoms with Crippen LogP contribution in [0.25, 0.3) is 22.4 Å². The molecule has 0 saturated heterocycles. The zero-order valence-corrected chi connectivity index (χ0v) is 15.2. The van der Waals surface area contributed by atoms with Gasteiger partial charge in [-0.05, 0) is 86.0 Å². The Balaban J connectivity index is 1.52. The summed E-state index contributed by atoms with van der Waals surface area (Å²) in [5.74, 6) is 2.63. The minimum absolute atomic E-state index is 0.241. The molecule has 27 heavy (non-hydrogen) atoms. The summed E-state index contributed by atoms with van der Waals surface area (Å²) < 4.78 is 5.89. The van der Waals surface area contributed by atoms with Gasteiger partial charge in [-0.15, -0.1) is 0 Å². The van der Waals surface area contributed by atoms with Gasteiger partial charge in [-0.25, -0.2) is 4.98 Å². The molecule has 4 aliphatic rings. The van der Waals surface area contributed by atoms with E-state index in [1.807, 2.05) is 12.1 Å². The third-order valence-electron chi connectivity index (χ3n) is 7.26. The van der Waals surface area contributed by atoms with Crippen molar-refractivity contribution in [3.63, 3.8) is 0 Å². The van der Waals surface area contributed by atoms with E-state index in [0.717, 1.165) is 46.4 Å². The van der Waals surface area contributed by atoms with Crippen LogP contribution in [0, 0.1) is 17.8 Å². The number of pyridine rings is 1. The fourth-order valence-electron chi connectivity index (χ4n) is 6.60. The molecule has 7 rings (SSSR count). The Kier molecular flexibility index (Phi) is 3.17. The standard InChI is InChI=1S/C23H22N2O2/c26-12-14-1-2-20(24-11-14)18-6-19(22-21(7-18)25-13-27-22)23-8-15-3-16(9-23)5-17(4-15)10-23/h1-2,6-7,11-13,15-17H,3-5,8-10H2. The summed E-state index contributed by atoms with van der Waals surface area (Å²) in [5.41, 5.74) is 6.02. The molecular formula is C23H22N2O2. The van der Waals surface area contributed by atoms with Gasteiger partial charge in [0.2, 0.25) is 0 Å². The Morgan fingerprint density at radius 2 is 1.74 bits per heavy atom. The zero-order valence-electron chi connectivity index (χ0n) is 15.2. The van der Waals surface area contributed by atoms with E-state index >= 15 is 0 Å². The molecule has 2 aromatic heterocycles. The first-order valence-corrected chi connectivity index (χ1v) is 10.0. The van der Waals surface area contributed by atoms with Crippen LogP contribution in [0.3, 0.4) is 0 Å². The Labute approximate surface area is 158 Å². The summed E-state index contributed by atoms with van der Waals surface area (Å²) in [5, 5.41) is 0. The first kappa shape index (κ1) is 15.6. The third-order valence-corrected chi connectivity index (χ3v) is 7.26. The maximum Gasteiger partial charge on any atom is 0.181 e. The van der Waals surface area contributed by atoms with Crippen LogP contribution in [0.2, 0.25) is 0 Å². The average Bonchev–Trinajstić information content (AvgIpc) is 3.15. The largest absolute Gasteiger partial charge is 0.443 e. The van der Waals surface area contributed by atoms with Crippen molar-refractivity contribution in [2.75, 3.05) is 0 Å². The van der Waals surface area contributed by atoms with Gasteiger partial charge in [0.25, 0.3) is 0 Å². The van der Waals surface area contributed by atoms with Crippen LogP contribution in [-0.2, 0) is 5.41 Å². The van der Waals surface area contributed by atoms with Crippen molar-refractivity contribution in [3.8, 4) is 11.3 Å². The molecule has 4 bridgehead atoms. The van der Waals surface area contributed by atoms with Crippen LogP contribution < -0.4 is 0 Å². The molecule has 2 heterocycles. The summed E-state index contributed by atoms with van der Waals surface area (Å²) in [6, 6.07) is 8.11. The number of nitrogens with zero attached hydrogens (tertiary/aromatic N) is 2. The van der Waals surface area contributed by atoms with E-state index in [4.69, 9.17) is 4.42 Å². The van der Waals surface area contributed by atoms with Gasteiger partial charge in [-0.2, -0.15) is 0 Å². The van der Waals surface area contributed by atoms with E-state index in [9.17, 15) is 4.79 Å². The number of aldehydes is 1. The SMILES string of the molecule is O=Cc1ccc(-c2cc(C34CC5CC(CC(C5)C3)C4)c3ocnc3c2)nc1. The van der Waals surface area contributed by atoms with E-state index in [2.05, 4.69) is 22.1 Å². The van der Waals surface area contributed by atoms with Crippen molar-refractivity contribution >= 4 is 17.4 Å². The number of rotatable bonds is 3. The molecule has 4 fully saturated rings. The van der Waals surface area contributed by atoms with Gasteiger partial charge in [-0.1, -0.05) is 0 Å². The minimum atomic E-state index is 0.241. The molecule has 136 valence electrons. The van der Waals surface area contributed by atoms with Gasteiger partial charge in [0.15, 0.2) is 18.3 Å². The molecule has 0 spiro atoms. The number of hydrogen-bond acceptors (Lipinski definition) is 4. The highest BCUT2D eigenvalue weighted by Gasteiger charge is 2.52. The maximum absolute atomic E-state index is 10.9. The molecule has 4 nitrogen and oxygen atoms in total. The molecule has 1 aromatic carbocycles. The van der Waals surface area contributed by atoms with Crippen molar-refractivity contribution in [3.05, 3.63) is 48.0 Å². The molecule has 0 radical (unpaired) electrons. The first-order valence-electron chi connectivity index (χ1n) is 10.0. The highest BCUT2D eigenvalue weighted by Crippen LogP contribution is 2.61. The molecule has 0 aliphatic heterocycles. The van der Waals surface area contributed by atoms with Gasteiger partial charge < -0.3 is 4.42 Å². The van der Waals surface area contributed by atoms with E-state index in [1.54, 1.807) is 12.6 Å².